The van der Waals surface area contributed by atoms with Crippen LogP contribution in [-0.4, -0.2) is 16.5 Å². The first-order chi connectivity index (χ1) is 8.33. The molecule has 1 aromatic heterocycles. The van der Waals surface area contributed by atoms with Crippen LogP contribution in [-0.2, 0) is 6.18 Å². The molecule has 0 saturated carbocycles. The molecule has 78 valence electrons. The largest absolute Gasteiger partial charge is 0.478 e. The smallest absolute Gasteiger partial charge is 0.433 e. The molecule has 7 heteroatoms. The zero-order valence-electron chi connectivity index (χ0n) is 11.4. The molecule has 1 rings (SSSR count). The van der Waals surface area contributed by atoms with Gasteiger partial charge in [0, 0.05) is 10.2 Å². The van der Waals surface area contributed by atoms with Gasteiger partial charge in [-0.25, -0.2) is 4.98 Å². The van der Waals surface area contributed by atoms with E-state index in [9.17, 15) is 13.2 Å². The quantitative estimate of drug-likeness (QED) is 0.734. The van der Waals surface area contributed by atoms with E-state index in [4.69, 9.17) is 18.5 Å². The van der Waals surface area contributed by atoms with Gasteiger partial charge in [0.15, 0.2) is 5.69 Å². The van der Waals surface area contributed by atoms with Crippen LogP contribution < -0.4 is 4.74 Å². The van der Waals surface area contributed by atoms with Crippen molar-refractivity contribution in [1.82, 2.24) is 9.97 Å². The first kappa shape index (κ1) is 5.75. The first-order valence-electron chi connectivity index (χ1n) is 5.64. The lowest BCUT2D eigenvalue weighted by atomic mass is 10.4. The fourth-order valence-electron chi connectivity index (χ4n) is 0.647. The van der Waals surface area contributed by atoms with Crippen LogP contribution in [0.3, 0.4) is 0 Å². The van der Waals surface area contributed by atoms with Crippen molar-refractivity contribution in [2.75, 3.05) is 6.56 Å². The molecule has 0 aliphatic carbocycles. The number of halogens is 4. The van der Waals surface area contributed by atoms with Crippen molar-refractivity contribution in [2.45, 2.75) is 13.0 Å². The van der Waals surface area contributed by atoms with Gasteiger partial charge in [0.25, 0.3) is 0 Å². The average Bonchev–Trinajstić information content (AvgIpc) is 2.12. The van der Waals surface area contributed by atoms with E-state index in [1.54, 1.807) is 0 Å². The van der Waals surface area contributed by atoms with Crippen LogP contribution in [0.25, 0.3) is 0 Å². The topological polar surface area (TPSA) is 35.0 Å². The highest BCUT2D eigenvalue weighted by Gasteiger charge is 2.33. The summed E-state index contributed by atoms with van der Waals surface area (Å²) in [6.07, 6.45) is -4.85. The van der Waals surface area contributed by atoms with Crippen molar-refractivity contribution in [3.05, 3.63) is 17.0 Å². The van der Waals surface area contributed by atoms with Gasteiger partial charge < -0.3 is 4.74 Å². The van der Waals surface area contributed by atoms with Crippen molar-refractivity contribution in [3.8, 4) is 5.88 Å². The number of ether oxygens (including phenoxy) is 1. The summed E-state index contributed by atoms with van der Waals surface area (Å²) >= 11 is 5.23. The highest BCUT2D eigenvalue weighted by Crippen LogP contribution is 2.30. The second-order valence-corrected chi connectivity index (χ2v) is 2.40. The Morgan fingerprint density at radius 3 is 2.93 bits per heavy atom. The molecule has 0 spiro atoms. The lowest BCUT2D eigenvalue weighted by Crippen LogP contribution is -2.09. The van der Waals surface area contributed by atoms with E-state index in [0.717, 1.165) is 0 Å². The van der Waals surface area contributed by atoms with Crippen LogP contribution in [0.1, 0.15) is 19.4 Å². The molecule has 0 fully saturated rings. The van der Waals surface area contributed by atoms with Crippen LogP contribution in [0.15, 0.2) is 6.07 Å². The Balaban J connectivity index is 3.13. The molecule has 0 radical (unpaired) electrons. The van der Waals surface area contributed by atoms with Gasteiger partial charge in [-0.3, -0.25) is 0 Å². The molecule has 14 heavy (non-hydrogen) atoms. The fraction of sp³-hybridized carbons (Fsp3) is 0.429. The summed E-state index contributed by atoms with van der Waals surface area (Å²) < 4.78 is 76.3. The molecule has 3 nitrogen and oxygen atoms in total. The van der Waals surface area contributed by atoms with E-state index in [1.165, 1.54) is 0 Å². The third kappa shape index (κ3) is 2.73. The fourth-order valence-corrected chi connectivity index (χ4v) is 0.821. The zero-order valence-corrected chi connectivity index (χ0v) is 7.15. The normalized spacial score (nSPS) is 18.7. The van der Waals surface area contributed by atoms with Gasteiger partial charge >= 0.3 is 6.18 Å². The monoisotopic (exact) mass is 231 g/mol. The van der Waals surface area contributed by atoms with E-state index in [0.29, 0.717) is 0 Å². The molecule has 0 aliphatic rings. The van der Waals surface area contributed by atoms with E-state index in [2.05, 4.69) is 14.7 Å². The third-order valence-corrected chi connectivity index (χ3v) is 1.29. The van der Waals surface area contributed by atoms with Crippen molar-refractivity contribution in [2.24, 2.45) is 0 Å². The summed E-state index contributed by atoms with van der Waals surface area (Å²) in [5.74, 6) is -0.923. The SMILES string of the molecule is [2H]C([2H])([2H])C([2H])([2H])Oc1cc(C(F)(F)F)nc(Cl)n1. The van der Waals surface area contributed by atoms with Gasteiger partial charge in [0.05, 0.1) is 9.30 Å². The molecular formula is C7H6ClF3N2O. The molecule has 0 saturated heterocycles. The lowest BCUT2D eigenvalue weighted by molar-refractivity contribution is -0.141. The molecule has 0 aliphatic heterocycles. The number of hydrogen-bond acceptors (Lipinski definition) is 3. The minimum absolute atomic E-state index is 0.259. The summed E-state index contributed by atoms with van der Waals surface area (Å²) in [6.45, 7) is -6.42. The Labute approximate surface area is 89.9 Å². The minimum atomic E-state index is -4.85. The highest BCUT2D eigenvalue weighted by atomic mass is 35.5. The van der Waals surface area contributed by atoms with Crippen LogP contribution in [0, 0.1) is 0 Å². The molecule has 0 unspecified atom stereocenters. The molecule has 0 atom stereocenters. The van der Waals surface area contributed by atoms with Crippen LogP contribution in [0.2, 0.25) is 5.28 Å². The predicted octanol–water partition coefficient (Wildman–Crippen LogP) is 2.55. The number of hydrogen-bond donors (Lipinski definition) is 0. The molecule has 1 aromatic rings. The first-order valence-corrected chi connectivity index (χ1v) is 3.51. The van der Waals surface area contributed by atoms with Crippen LogP contribution >= 0.6 is 11.6 Å². The summed E-state index contributed by atoms with van der Waals surface area (Å²) in [7, 11) is 0. The predicted molar refractivity (Wildman–Crippen MR) is 43.2 cm³/mol. The maximum absolute atomic E-state index is 12.4. The zero-order chi connectivity index (χ0) is 15.1. The Kier molecular flexibility index (Phi) is 1.64. The Bertz CT molecular complexity index is 479. The number of aromatic nitrogens is 2. The van der Waals surface area contributed by atoms with Crippen LogP contribution in [0.4, 0.5) is 13.2 Å². The van der Waals surface area contributed by atoms with Crippen molar-refractivity contribution >= 4 is 11.6 Å². The van der Waals surface area contributed by atoms with Crippen molar-refractivity contribution in [1.29, 1.82) is 0 Å². The summed E-state index contributed by atoms with van der Waals surface area (Å²) in [5.41, 5.74) is -1.47. The maximum atomic E-state index is 12.4. The van der Waals surface area contributed by atoms with Gasteiger partial charge in [-0.15, -0.1) is 0 Å². The van der Waals surface area contributed by atoms with Gasteiger partial charge in [0.2, 0.25) is 11.2 Å². The Morgan fingerprint density at radius 1 is 1.64 bits per heavy atom. The molecular weight excluding hydrogens is 221 g/mol. The second-order valence-electron chi connectivity index (χ2n) is 2.06. The van der Waals surface area contributed by atoms with Gasteiger partial charge in [-0.05, 0) is 18.5 Å². The van der Waals surface area contributed by atoms with Crippen molar-refractivity contribution < 1.29 is 24.8 Å². The second kappa shape index (κ2) is 4.00. The lowest BCUT2D eigenvalue weighted by Gasteiger charge is -2.07. The summed E-state index contributed by atoms with van der Waals surface area (Å²) in [5, 5.41) is -0.842. The van der Waals surface area contributed by atoms with E-state index in [1.807, 2.05) is 0 Å². The van der Waals surface area contributed by atoms with E-state index < -0.39 is 36.4 Å². The standard InChI is InChI=1S/C7H6ClF3N2O/c1-2-14-5-3-4(7(9,10)11)12-6(8)13-5/h3H,2H2,1H3/i1D3,2D2. The maximum Gasteiger partial charge on any atom is 0.433 e. The molecule has 0 N–H and O–H groups in total. The minimum Gasteiger partial charge on any atom is -0.478 e. The number of alkyl halides is 3. The summed E-state index contributed by atoms with van der Waals surface area (Å²) in [4.78, 5) is 6.07. The van der Waals surface area contributed by atoms with E-state index in [-0.39, 0.29) is 6.07 Å². The third-order valence-electron chi connectivity index (χ3n) is 1.12. The highest BCUT2D eigenvalue weighted by molar-refractivity contribution is 6.28. The molecule has 0 amide bonds. The van der Waals surface area contributed by atoms with Gasteiger partial charge in [0.1, 0.15) is 0 Å². The number of rotatable bonds is 2. The van der Waals surface area contributed by atoms with Crippen LogP contribution in [0.5, 0.6) is 5.88 Å². The molecule has 0 bridgehead atoms. The van der Waals surface area contributed by atoms with Gasteiger partial charge in [-0.2, -0.15) is 18.2 Å². The Morgan fingerprint density at radius 2 is 2.36 bits per heavy atom. The average molecular weight is 232 g/mol. The summed E-state index contributed by atoms with van der Waals surface area (Å²) in [6, 6.07) is 0.259. The van der Waals surface area contributed by atoms with Crippen molar-refractivity contribution in [3.63, 3.8) is 0 Å². The number of nitrogens with zero attached hydrogens (tertiary/aromatic N) is 2. The van der Waals surface area contributed by atoms with E-state index >= 15 is 0 Å². The van der Waals surface area contributed by atoms with Gasteiger partial charge in [-0.1, -0.05) is 0 Å². The molecule has 0 aromatic carbocycles. The molecule has 1 heterocycles. The Hall–Kier alpha value is -1.04.